The topological polar surface area (TPSA) is 59.2 Å². The summed E-state index contributed by atoms with van der Waals surface area (Å²) in [5.41, 5.74) is 2.08. The summed E-state index contributed by atoms with van der Waals surface area (Å²) in [4.78, 5) is 26.9. The predicted molar refractivity (Wildman–Crippen MR) is 119 cm³/mol. The van der Waals surface area contributed by atoms with E-state index >= 15 is 0 Å². The highest BCUT2D eigenvalue weighted by Crippen LogP contribution is 2.28. The zero-order chi connectivity index (χ0) is 20.5. The van der Waals surface area contributed by atoms with Crippen LogP contribution in [0.2, 0.25) is 0 Å². The van der Waals surface area contributed by atoms with Crippen LogP contribution < -0.4 is 10.5 Å². The van der Waals surface area contributed by atoms with Crippen molar-refractivity contribution in [2.75, 3.05) is 37.6 Å². The van der Waals surface area contributed by atoms with Gasteiger partial charge in [-0.3, -0.25) is 14.3 Å². The summed E-state index contributed by atoms with van der Waals surface area (Å²) in [5.74, 6) is 1.14. The van der Waals surface area contributed by atoms with Crippen LogP contribution in [0.5, 0.6) is 0 Å². The maximum Gasteiger partial charge on any atom is 0.261 e. The Morgan fingerprint density at radius 2 is 1.87 bits per heavy atom. The van der Waals surface area contributed by atoms with Crippen LogP contribution in [0.4, 0.5) is 5.69 Å². The highest BCUT2D eigenvalue weighted by molar-refractivity contribution is 5.81. The van der Waals surface area contributed by atoms with Crippen LogP contribution in [0, 0.1) is 0 Å². The van der Waals surface area contributed by atoms with Crippen molar-refractivity contribution in [1.29, 1.82) is 0 Å². The van der Waals surface area contributed by atoms with Gasteiger partial charge in [0.1, 0.15) is 5.82 Å². The average molecular weight is 407 g/mol. The fourth-order valence-corrected chi connectivity index (χ4v) is 4.89. The fourth-order valence-electron chi connectivity index (χ4n) is 4.89. The summed E-state index contributed by atoms with van der Waals surface area (Å²) in [6.45, 7) is 5.10. The lowest BCUT2D eigenvalue weighted by Gasteiger charge is -2.36. The molecule has 7 nitrogen and oxygen atoms in total. The smallest absolute Gasteiger partial charge is 0.261 e. The summed E-state index contributed by atoms with van der Waals surface area (Å²) in [6.07, 6.45) is 11.2. The van der Waals surface area contributed by atoms with Gasteiger partial charge in [-0.2, -0.15) is 0 Å². The Bertz CT molecular complexity index is 1070. The highest BCUT2D eigenvalue weighted by atomic mass is 16.1. The Kier molecular flexibility index (Phi) is 5.29. The summed E-state index contributed by atoms with van der Waals surface area (Å²) in [7, 11) is 2.05. The standard InChI is InChI=1S/C23H30N6O/c1-26-11-9-24-22(26)8-10-27-12-14-28(15-13-27)19-6-7-20-21(16-19)25-17-29(23(20)30)18-4-2-3-5-18/h6-7,9,11,16-18H,2-5,8,10,12-15H2,1H3. The van der Waals surface area contributed by atoms with Crippen molar-refractivity contribution in [3.8, 4) is 0 Å². The number of imidazole rings is 1. The van der Waals surface area contributed by atoms with E-state index in [0.717, 1.165) is 74.4 Å². The molecule has 5 rings (SSSR count). The van der Waals surface area contributed by atoms with Crippen LogP contribution in [0.15, 0.2) is 41.7 Å². The van der Waals surface area contributed by atoms with E-state index in [-0.39, 0.29) is 5.56 Å². The number of fused-ring (bicyclic) bond motifs is 1. The molecule has 1 aromatic carbocycles. The number of rotatable bonds is 5. The van der Waals surface area contributed by atoms with Crippen LogP contribution in [0.25, 0.3) is 10.9 Å². The van der Waals surface area contributed by atoms with Crippen LogP contribution in [-0.4, -0.2) is 56.7 Å². The first-order valence-electron chi connectivity index (χ1n) is 11.1. The van der Waals surface area contributed by atoms with Gasteiger partial charge >= 0.3 is 0 Å². The van der Waals surface area contributed by atoms with Crippen LogP contribution in [0.3, 0.4) is 0 Å². The zero-order valence-corrected chi connectivity index (χ0v) is 17.7. The maximum atomic E-state index is 12.9. The van der Waals surface area contributed by atoms with Crippen molar-refractivity contribution in [3.05, 3.63) is 53.1 Å². The SMILES string of the molecule is Cn1ccnc1CCN1CCN(c2ccc3c(=O)n(C4CCCC4)cnc3c2)CC1. The molecule has 2 fully saturated rings. The number of benzene rings is 1. The molecule has 0 amide bonds. The number of aromatic nitrogens is 4. The second-order valence-electron chi connectivity index (χ2n) is 8.63. The maximum absolute atomic E-state index is 12.9. The summed E-state index contributed by atoms with van der Waals surface area (Å²) in [6, 6.07) is 6.47. The molecule has 0 bridgehead atoms. The molecular weight excluding hydrogens is 376 g/mol. The molecule has 0 spiro atoms. The lowest BCUT2D eigenvalue weighted by atomic mass is 10.1. The van der Waals surface area contributed by atoms with Gasteiger partial charge in [0.15, 0.2) is 0 Å². The second-order valence-corrected chi connectivity index (χ2v) is 8.63. The first-order valence-corrected chi connectivity index (χ1v) is 11.1. The first-order chi connectivity index (χ1) is 14.7. The molecule has 158 valence electrons. The Morgan fingerprint density at radius 1 is 1.07 bits per heavy atom. The number of anilines is 1. The molecule has 1 saturated heterocycles. The third-order valence-electron chi connectivity index (χ3n) is 6.80. The van der Waals surface area contributed by atoms with Gasteiger partial charge in [0.25, 0.3) is 5.56 Å². The van der Waals surface area contributed by atoms with Crippen molar-refractivity contribution in [2.24, 2.45) is 7.05 Å². The fraction of sp³-hybridized carbons (Fsp3) is 0.522. The molecule has 3 aromatic rings. The molecule has 0 atom stereocenters. The Morgan fingerprint density at radius 3 is 2.60 bits per heavy atom. The molecule has 1 saturated carbocycles. The van der Waals surface area contributed by atoms with Crippen molar-refractivity contribution in [1.82, 2.24) is 24.0 Å². The van der Waals surface area contributed by atoms with Crippen LogP contribution in [0.1, 0.15) is 37.5 Å². The average Bonchev–Trinajstić information content (AvgIpc) is 3.45. The van der Waals surface area contributed by atoms with Crippen molar-refractivity contribution < 1.29 is 0 Å². The summed E-state index contributed by atoms with van der Waals surface area (Å²) >= 11 is 0. The van der Waals surface area contributed by atoms with Gasteiger partial charge < -0.3 is 9.47 Å². The molecule has 30 heavy (non-hydrogen) atoms. The minimum atomic E-state index is 0.109. The number of piperazine rings is 1. The Hall–Kier alpha value is -2.67. The van der Waals surface area contributed by atoms with Gasteiger partial charge in [-0.1, -0.05) is 12.8 Å². The summed E-state index contributed by atoms with van der Waals surface area (Å²) < 4.78 is 3.95. The minimum Gasteiger partial charge on any atom is -0.369 e. The first kappa shape index (κ1) is 19.3. The van der Waals surface area contributed by atoms with Gasteiger partial charge in [0.05, 0.1) is 17.2 Å². The highest BCUT2D eigenvalue weighted by Gasteiger charge is 2.21. The minimum absolute atomic E-state index is 0.109. The molecule has 0 N–H and O–H groups in total. The van der Waals surface area contributed by atoms with Gasteiger partial charge in [0, 0.05) is 70.3 Å². The van der Waals surface area contributed by atoms with Gasteiger partial charge in [0.2, 0.25) is 0 Å². The molecule has 7 heteroatoms. The number of hydrogen-bond acceptors (Lipinski definition) is 5. The van der Waals surface area contributed by atoms with E-state index in [4.69, 9.17) is 0 Å². The molecule has 1 aliphatic heterocycles. The van der Waals surface area contributed by atoms with Crippen LogP contribution in [-0.2, 0) is 13.5 Å². The normalized spacial score (nSPS) is 18.5. The van der Waals surface area contributed by atoms with Crippen molar-refractivity contribution in [3.63, 3.8) is 0 Å². The van der Waals surface area contributed by atoms with E-state index in [1.807, 2.05) is 23.0 Å². The van der Waals surface area contributed by atoms with E-state index in [0.29, 0.717) is 6.04 Å². The molecule has 0 unspecified atom stereocenters. The molecule has 2 aliphatic rings. The number of aryl methyl sites for hydroxylation is 1. The third kappa shape index (κ3) is 3.74. The Labute approximate surface area is 177 Å². The van der Waals surface area contributed by atoms with Crippen molar-refractivity contribution >= 4 is 16.6 Å². The van der Waals surface area contributed by atoms with Gasteiger partial charge in [-0.05, 0) is 31.0 Å². The van der Waals surface area contributed by atoms with E-state index in [1.165, 1.54) is 12.8 Å². The van der Waals surface area contributed by atoms with Crippen LogP contribution >= 0.6 is 0 Å². The lowest BCUT2D eigenvalue weighted by molar-refractivity contribution is 0.259. The van der Waals surface area contributed by atoms with E-state index < -0.39 is 0 Å². The van der Waals surface area contributed by atoms with E-state index in [1.54, 1.807) is 6.33 Å². The summed E-state index contributed by atoms with van der Waals surface area (Å²) in [5, 5.41) is 0.738. The Balaban J connectivity index is 1.25. The molecule has 2 aromatic heterocycles. The predicted octanol–water partition coefficient (Wildman–Crippen LogP) is 2.61. The zero-order valence-electron chi connectivity index (χ0n) is 17.7. The van der Waals surface area contributed by atoms with Crippen molar-refractivity contribution in [2.45, 2.75) is 38.1 Å². The van der Waals surface area contributed by atoms with E-state index in [2.05, 4.69) is 43.5 Å². The largest absolute Gasteiger partial charge is 0.369 e. The van der Waals surface area contributed by atoms with Gasteiger partial charge in [-0.15, -0.1) is 0 Å². The second kappa shape index (κ2) is 8.22. The molecule has 3 heterocycles. The number of nitrogens with zero attached hydrogens (tertiary/aromatic N) is 6. The number of hydrogen-bond donors (Lipinski definition) is 0. The third-order valence-corrected chi connectivity index (χ3v) is 6.80. The van der Waals surface area contributed by atoms with E-state index in [9.17, 15) is 4.79 Å². The molecular formula is C23H30N6O. The lowest BCUT2D eigenvalue weighted by Crippen LogP contribution is -2.47. The molecule has 0 radical (unpaired) electrons. The monoisotopic (exact) mass is 406 g/mol. The molecule has 1 aliphatic carbocycles. The van der Waals surface area contributed by atoms with Gasteiger partial charge in [-0.25, -0.2) is 9.97 Å². The quantitative estimate of drug-likeness (QED) is 0.652.